The Hall–Kier alpha value is -3.94. The first-order chi connectivity index (χ1) is 17.7. The lowest BCUT2D eigenvalue weighted by Crippen LogP contribution is -2.40. The number of pyridine rings is 1. The van der Waals surface area contributed by atoms with E-state index in [-0.39, 0.29) is 11.8 Å². The van der Waals surface area contributed by atoms with E-state index in [4.69, 9.17) is 9.84 Å². The van der Waals surface area contributed by atoms with Gasteiger partial charge < -0.3 is 15.0 Å². The maximum Gasteiger partial charge on any atom is 0.223 e. The molecule has 0 unspecified atom stereocenters. The zero-order valence-electron chi connectivity index (χ0n) is 20.6. The monoisotopic (exact) mass is 484 g/mol. The van der Waals surface area contributed by atoms with Crippen molar-refractivity contribution in [2.45, 2.75) is 39.2 Å². The minimum absolute atomic E-state index is 0.0151. The van der Waals surface area contributed by atoms with Gasteiger partial charge >= 0.3 is 0 Å². The third-order valence-electron chi connectivity index (χ3n) is 6.67. The number of hydrogen-bond donors (Lipinski definition) is 1. The molecule has 0 atom stereocenters. The molecule has 1 amide bonds. The van der Waals surface area contributed by atoms with Crippen LogP contribution in [0.3, 0.4) is 0 Å². The van der Waals surface area contributed by atoms with Gasteiger partial charge in [0.05, 0.1) is 12.3 Å². The molecule has 1 fully saturated rings. The Kier molecular flexibility index (Phi) is 7.40. The summed E-state index contributed by atoms with van der Waals surface area (Å²) in [7, 11) is 0. The molecule has 1 saturated heterocycles. The van der Waals surface area contributed by atoms with Crippen LogP contribution in [0, 0.1) is 5.92 Å². The third kappa shape index (κ3) is 5.48. The zero-order chi connectivity index (χ0) is 24.7. The molecule has 1 N–H and O–H groups in total. The van der Waals surface area contributed by atoms with Gasteiger partial charge in [-0.25, -0.2) is 9.50 Å². The van der Waals surface area contributed by atoms with Crippen LogP contribution >= 0.6 is 0 Å². The fourth-order valence-corrected chi connectivity index (χ4v) is 4.54. The number of anilines is 1. The molecule has 36 heavy (non-hydrogen) atoms. The molecule has 0 saturated carbocycles. The number of rotatable bonds is 9. The summed E-state index contributed by atoms with van der Waals surface area (Å²) < 4.78 is 7.67. The Morgan fingerprint density at radius 1 is 1.08 bits per heavy atom. The maximum atomic E-state index is 12.7. The number of amides is 1. The summed E-state index contributed by atoms with van der Waals surface area (Å²) in [4.78, 5) is 23.7. The lowest BCUT2D eigenvalue weighted by atomic mass is 9.95. The number of hydrogen-bond acceptors (Lipinski definition) is 6. The van der Waals surface area contributed by atoms with E-state index in [9.17, 15) is 4.79 Å². The first kappa shape index (κ1) is 23.8. The van der Waals surface area contributed by atoms with Crippen LogP contribution in [0.5, 0.6) is 5.75 Å². The normalized spacial score (nSPS) is 14.2. The predicted octanol–water partition coefficient (Wildman–Crippen LogP) is 4.50. The molecule has 1 aliphatic heterocycles. The van der Waals surface area contributed by atoms with E-state index in [0.717, 1.165) is 79.3 Å². The van der Waals surface area contributed by atoms with Crippen molar-refractivity contribution < 1.29 is 9.53 Å². The van der Waals surface area contributed by atoms with Gasteiger partial charge in [0.2, 0.25) is 5.91 Å². The van der Waals surface area contributed by atoms with Crippen molar-refractivity contribution in [2.75, 3.05) is 24.6 Å². The van der Waals surface area contributed by atoms with Gasteiger partial charge in [-0.15, -0.1) is 0 Å². The number of ether oxygens (including phenoxy) is 1. The van der Waals surface area contributed by atoms with Gasteiger partial charge in [0.1, 0.15) is 11.3 Å². The molecular weight excluding hydrogens is 452 g/mol. The van der Waals surface area contributed by atoms with Crippen LogP contribution in [0.2, 0.25) is 0 Å². The van der Waals surface area contributed by atoms with Gasteiger partial charge in [-0.2, -0.15) is 5.10 Å². The average molecular weight is 485 g/mol. The van der Waals surface area contributed by atoms with E-state index >= 15 is 0 Å². The molecule has 186 valence electrons. The highest BCUT2D eigenvalue weighted by Crippen LogP contribution is 2.29. The largest absolute Gasteiger partial charge is 0.494 e. The Labute approximate surface area is 211 Å². The van der Waals surface area contributed by atoms with Crippen molar-refractivity contribution in [3.05, 3.63) is 72.8 Å². The van der Waals surface area contributed by atoms with E-state index < -0.39 is 0 Å². The van der Waals surface area contributed by atoms with Crippen molar-refractivity contribution in [3.63, 3.8) is 0 Å². The molecule has 8 heteroatoms. The minimum atomic E-state index is 0.0151. The first-order valence-corrected chi connectivity index (χ1v) is 12.7. The standard InChI is InChI=1S/C28H32N6O2/c1-2-3-18-36-24-6-4-22(5-7-24)25-19-26-27(30-14-17-34(26)32-25)33-15-10-23(11-16-33)28(35)31-20-21-8-12-29-13-9-21/h4-9,12-14,17,19,23H,2-3,10-11,15-16,18,20H2,1H3,(H,31,35). The highest BCUT2D eigenvalue weighted by atomic mass is 16.5. The van der Waals surface area contributed by atoms with Crippen molar-refractivity contribution in [1.82, 2.24) is 24.9 Å². The summed E-state index contributed by atoms with van der Waals surface area (Å²) in [6.07, 6.45) is 10.9. The van der Waals surface area contributed by atoms with Crippen LogP contribution in [-0.4, -0.2) is 45.2 Å². The summed E-state index contributed by atoms with van der Waals surface area (Å²) >= 11 is 0. The van der Waals surface area contributed by atoms with Crippen LogP contribution in [0.15, 0.2) is 67.3 Å². The molecule has 0 bridgehead atoms. The van der Waals surface area contributed by atoms with Gasteiger partial charge in [0, 0.05) is 55.9 Å². The molecule has 1 aromatic carbocycles. The number of fused-ring (bicyclic) bond motifs is 1. The summed E-state index contributed by atoms with van der Waals surface area (Å²) in [5.74, 6) is 1.92. The van der Waals surface area contributed by atoms with Gasteiger partial charge in [-0.3, -0.25) is 9.78 Å². The molecule has 4 aromatic rings. The zero-order valence-corrected chi connectivity index (χ0v) is 20.6. The Balaban J connectivity index is 1.23. The molecule has 0 radical (unpaired) electrons. The molecular formula is C28H32N6O2. The van der Waals surface area contributed by atoms with E-state index in [0.29, 0.717) is 6.54 Å². The van der Waals surface area contributed by atoms with Crippen LogP contribution in [0.25, 0.3) is 16.8 Å². The average Bonchev–Trinajstić information content (AvgIpc) is 3.38. The smallest absolute Gasteiger partial charge is 0.223 e. The quantitative estimate of drug-likeness (QED) is 0.352. The second-order valence-electron chi connectivity index (χ2n) is 9.17. The van der Waals surface area contributed by atoms with Gasteiger partial charge in [0.25, 0.3) is 0 Å². The molecule has 4 heterocycles. The number of piperidine rings is 1. The summed E-state index contributed by atoms with van der Waals surface area (Å²) in [5.41, 5.74) is 3.96. The lowest BCUT2D eigenvalue weighted by molar-refractivity contribution is -0.125. The van der Waals surface area contributed by atoms with E-state index in [1.165, 1.54) is 0 Å². The van der Waals surface area contributed by atoms with Gasteiger partial charge in [-0.05, 0) is 67.3 Å². The second kappa shape index (κ2) is 11.2. The van der Waals surface area contributed by atoms with Crippen molar-refractivity contribution in [2.24, 2.45) is 5.92 Å². The molecule has 3 aromatic heterocycles. The fourth-order valence-electron chi connectivity index (χ4n) is 4.54. The highest BCUT2D eigenvalue weighted by Gasteiger charge is 2.26. The molecule has 8 nitrogen and oxygen atoms in total. The fraction of sp³-hybridized carbons (Fsp3) is 0.357. The number of carbonyl (C=O) groups is 1. The highest BCUT2D eigenvalue weighted by molar-refractivity contribution is 5.79. The SMILES string of the molecule is CCCCOc1ccc(-c2cc3c(N4CCC(C(=O)NCc5ccncc5)CC4)nccn3n2)cc1. The number of unbranched alkanes of at least 4 members (excludes halogenated alkanes) is 1. The number of benzene rings is 1. The van der Waals surface area contributed by atoms with Gasteiger partial charge in [0.15, 0.2) is 5.82 Å². The lowest BCUT2D eigenvalue weighted by Gasteiger charge is -2.32. The number of aromatic nitrogens is 4. The van der Waals surface area contributed by atoms with Crippen LogP contribution in [0.4, 0.5) is 5.82 Å². The molecule has 5 rings (SSSR count). The number of carbonyl (C=O) groups excluding carboxylic acids is 1. The Morgan fingerprint density at radius 3 is 2.61 bits per heavy atom. The third-order valence-corrected chi connectivity index (χ3v) is 6.67. The Bertz CT molecular complexity index is 1280. The number of nitrogens with one attached hydrogen (secondary N) is 1. The summed E-state index contributed by atoms with van der Waals surface area (Å²) in [6.45, 7) is 4.99. The number of nitrogens with zero attached hydrogens (tertiary/aromatic N) is 5. The Morgan fingerprint density at radius 2 is 1.86 bits per heavy atom. The molecule has 0 spiro atoms. The van der Waals surface area contributed by atoms with Gasteiger partial charge in [-0.1, -0.05) is 13.3 Å². The molecule has 0 aliphatic carbocycles. The summed E-state index contributed by atoms with van der Waals surface area (Å²) in [5, 5.41) is 7.85. The minimum Gasteiger partial charge on any atom is -0.494 e. The summed E-state index contributed by atoms with van der Waals surface area (Å²) in [6, 6.07) is 14.0. The van der Waals surface area contributed by atoms with E-state index in [1.54, 1.807) is 18.6 Å². The van der Waals surface area contributed by atoms with Crippen molar-refractivity contribution >= 4 is 17.2 Å². The topological polar surface area (TPSA) is 84.6 Å². The molecule has 1 aliphatic rings. The van der Waals surface area contributed by atoms with Crippen LogP contribution < -0.4 is 15.0 Å². The van der Waals surface area contributed by atoms with E-state index in [1.807, 2.05) is 47.1 Å². The van der Waals surface area contributed by atoms with Crippen molar-refractivity contribution in [1.29, 1.82) is 0 Å². The van der Waals surface area contributed by atoms with Crippen LogP contribution in [0.1, 0.15) is 38.2 Å². The second-order valence-corrected chi connectivity index (χ2v) is 9.17. The predicted molar refractivity (Wildman–Crippen MR) is 140 cm³/mol. The van der Waals surface area contributed by atoms with Crippen LogP contribution in [-0.2, 0) is 11.3 Å². The maximum absolute atomic E-state index is 12.7. The van der Waals surface area contributed by atoms with E-state index in [2.05, 4.69) is 33.2 Å². The first-order valence-electron chi connectivity index (χ1n) is 12.7. The van der Waals surface area contributed by atoms with Crippen molar-refractivity contribution in [3.8, 4) is 17.0 Å².